The van der Waals surface area contributed by atoms with Gasteiger partial charge in [0.2, 0.25) is 5.91 Å². The molecule has 4 nitrogen and oxygen atoms in total. The van der Waals surface area contributed by atoms with Crippen LogP contribution in [0.5, 0.6) is 0 Å². The van der Waals surface area contributed by atoms with Crippen LogP contribution in [0.15, 0.2) is 24.3 Å². The number of benzene rings is 1. The first kappa shape index (κ1) is 9.38. The Kier molecular flexibility index (Phi) is 3.14. The summed E-state index contributed by atoms with van der Waals surface area (Å²) < 4.78 is 0. The second kappa shape index (κ2) is 4.35. The van der Waals surface area contributed by atoms with Gasteiger partial charge in [0.1, 0.15) is 0 Å². The molecule has 1 rings (SSSR count). The van der Waals surface area contributed by atoms with E-state index in [-0.39, 0.29) is 12.5 Å². The molecule has 0 aliphatic rings. The summed E-state index contributed by atoms with van der Waals surface area (Å²) in [7, 11) is 1.60. The molecule has 0 bridgehead atoms. The quantitative estimate of drug-likeness (QED) is 0.589. The first-order valence-corrected chi connectivity index (χ1v) is 4.02. The minimum absolute atomic E-state index is 0.0446. The molecule has 0 unspecified atom stereocenters. The van der Waals surface area contributed by atoms with Gasteiger partial charge >= 0.3 is 0 Å². The van der Waals surface area contributed by atoms with Gasteiger partial charge in [-0.05, 0) is 24.3 Å². The molecule has 0 saturated heterocycles. The lowest BCUT2D eigenvalue weighted by atomic mass is 10.3. The fourth-order valence-electron chi connectivity index (χ4n) is 0.872. The van der Waals surface area contributed by atoms with E-state index in [1.165, 1.54) is 0 Å². The fourth-order valence-corrected chi connectivity index (χ4v) is 0.872. The SMILES string of the molecule is CNC(=O)CNc1ccc(N)cc1. The number of hydrogen-bond donors (Lipinski definition) is 3. The van der Waals surface area contributed by atoms with Crippen LogP contribution in [0.4, 0.5) is 11.4 Å². The third-order valence-electron chi connectivity index (χ3n) is 1.64. The highest BCUT2D eigenvalue weighted by Gasteiger charge is 1.96. The summed E-state index contributed by atoms with van der Waals surface area (Å²) in [5, 5.41) is 5.48. The normalized spacial score (nSPS) is 9.31. The third-order valence-corrected chi connectivity index (χ3v) is 1.64. The van der Waals surface area contributed by atoms with Gasteiger partial charge in [0, 0.05) is 18.4 Å². The summed E-state index contributed by atoms with van der Waals surface area (Å²) in [6, 6.07) is 7.23. The molecule has 0 aliphatic carbocycles. The van der Waals surface area contributed by atoms with Crippen LogP contribution in [-0.4, -0.2) is 19.5 Å². The van der Waals surface area contributed by atoms with E-state index in [4.69, 9.17) is 5.73 Å². The van der Waals surface area contributed by atoms with Crippen molar-refractivity contribution in [2.45, 2.75) is 0 Å². The Morgan fingerprint density at radius 1 is 1.38 bits per heavy atom. The van der Waals surface area contributed by atoms with Crippen LogP contribution >= 0.6 is 0 Å². The number of anilines is 2. The van der Waals surface area contributed by atoms with E-state index in [2.05, 4.69) is 10.6 Å². The molecular formula is C9H13N3O. The second-order valence-corrected chi connectivity index (χ2v) is 2.65. The molecule has 0 aromatic heterocycles. The zero-order valence-electron chi connectivity index (χ0n) is 7.50. The molecule has 0 saturated carbocycles. The maximum Gasteiger partial charge on any atom is 0.239 e. The highest BCUT2D eigenvalue weighted by molar-refractivity contribution is 5.80. The monoisotopic (exact) mass is 179 g/mol. The molecular weight excluding hydrogens is 166 g/mol. The van der Waals surface area contributed by atoms with Crippen LogP contribution < -0.4 is 16.4 Å². The summed E-state index contributed by atoms with van der Waals surface area (Å²) in [6.45, 7) is 0.278. The number of nitrogens with two attached hydrogens (primary N) is 1. The van der Waals surface area contributed by atoms with Gasteiger partial charge in [0.05, 0.1) is 6.54 Å². The Morgan fingerprint density at radius 3 is 2.54 bits per heavy atom. The van der Waals surface area contributed by atoms with Crippen molar-refractivity contribution < 1.29 is 4.79 Å². The molecule has 70 valence electrons. The fraction of sp³-hybridized carbons (Fsp3) is 0.222. The van der Waals surface area contributed by atoms with E-state index in [0.29, 0.717) is 5.69 Å². The zero-order valence-corrected chi connectivity index (χ0v) is 7.50. The topological polar surface area (TPSA) is 67.2 Å². The van der Waals surface area contributed by atoms with Crippen LogP contribution in [-0.2, 0) is 4.79 Å². The van der Waals surface area contributed by atoms with E-state index in [9.17, 15) is 4.79 Å². The standard InChI is InChI=1S/C9H13N3O/c1-11-9(13)6-12-8-4-2-7(10)3-5-8/h2-5,12H,6,10H2,1H3,(H,11,13). The Hall–Kier alpha value is -1.71. The maximum absolute atomic E-state index is 10.9. The van der Waals surface area contributed by atoms with Crippen LogP contribution in [0.25, 0.3) is 0 Å². The van der Waals surface area contributed by atoms with E-state index in [0.717, 1.165) is 5.69 Å². The minimum atomic E-state index is -0.0446. The molecule has 1 aromatic rings. The number of nitrogen functional groups attached to an aromatic ring is 1. The Morgan fingerprint density at radius 2 is 2.00 bits per heavy atom. The largest absolute Gasteiger partial charge is 0.399 e. The summed E-state index contributed by atoms with van der Waals surface area (Å²) in [4.78, 5) is 10.9. The summed E-state index contributed by atoms with van der Waals surface area (Å²) in [5.74, 6) is -0.0446. The van der Waals surface area contributed by atoms with Crippen LogP contribution in [0.1, 0.15) is 0 Å². The van der Waals surface area contributed by atoms with Crippen molar-refractivity contribution in [2.75, 3.05) is 24.6 Å². The van der Waals surface area contributed by atoms with Gasteiger partial charge in [-0.2, -0.15) is 0 Å². The third kappa shape index (κ3) is 3.02. The van der Waals surface area contributed by atoms with Gasteiger partial charge in [-0.3, -0.25) is 4.79 Å². The Balaban J connectivity index is 2.46. The van der Waals surface area contributed by atoms with E-state index < -0.39 is 0 Å². The number of nitrogens with one attached hydrogen (secondary N) is 2. The number of carbonyl (C=O) groups is 1. The first-order chi connectivity index (χ1) is 6.22. The Labute approximate surface area is 77.1 Å². The first-order valence-electron chi connectivity index (χ1n) is 4.02. The molecule has 0 fully saturated rings. The van der Waals surface area contributed by atoms with Crippen molar-refractivity contribution in [3.8, 4) is 0 Å². The zero-order chi connectivity index (χ0) is 9.68. The molecule has 0 aliphatic heterocycles. The average molecular weight is 179 g/mol. The molecule has 4 N–H and O–H groups in total. The van der Waals surface area contributed by atoms with E-state index in [1.807, 2.05) is 12.1 Å². The smallest absolute Gasteiger partial charge is 0.239 e. The van der Waals surface area contributed by atoms with Gasteiger partial charge in [-0.1, -0.05) is 0 Å². The highest BCUT2D eigenvalue weighted by Crippen LogP contribution is 2.09. The molecule has 4 heteroatoms. The molecule has 0 spiro atoms. The van der Waals surface area contributed by atoms with Crippen molar-refractivity contribution in [1.82, 2.24) is 5.32 Å². The Bertz CT molecular complexity index is 281. The average Bonchev–Trinajstić information content (AvgIpc) is 2.16. The van der Waals surface area contributed by atoms with Crippen molar-refractivity contribution in [3.05, 3.63) is 24.3 Å². The van der Waals surface area contributed by atoms with Crippen molar-refractivity contribution in [3.63, 3.8) is 0 Å². The predicted molar refractivity (Wildman–Crippen MR) is 53.4 cm³/mol. The van der Waals surface area contributed by atoms with Crippen molar-refractivity contribution in [1.29, 1.82) is 0 Å². The number of carbonyl (C=O) groups excluding carboxylic acids is 1. The van der Waals surface area contributed by atoms with Crippen molar-refractivity contribution in [2.24, 2.45) is 0 Å². The maximum atomic E-state index is 10.9. The lowest BCUT2D eigenvalue weighted by Gasteiger charge is -2.04. The summed E-state index contributed by atoms with van der Waals surface area (Å²) in [6.07, 6.45) is 0. The number of rotatable bonds is 3. The van der Waals surface area contributed by atoms with Gasteiger partial charge in [0.25, 0.3) is 0 Å². The summed E-state index contributed by atoms with van der Waals surface area (Å²) >= 11 is 0. The van der Waals surface area contributed by atoms with Crippen LogP contribution in [0.3, 0.4) is 0 Å². The molecule has 0 radical (unpaired) electrons. The van der Waals surface area contributed by atoms with Gasteiger partial charge in [-0.25, -0.2) is 0 Å². The molecule has 13 heavy (non-hydrogen) atoms. The van der Waals surface area contributed by atoms with Crippen LogP contribution in [0.2, 0.25) is 0 Å². The summed E-state index contributed by atoms with van der Waals surface area (Å²) in [5.41, 5.74) is 7.10. The van der Waals surface area contributed by atoms with E-state index >= 15 is 0 Å². The number of hydrogen-bond acceptors (Lipinski definition) is 3. The number of amides is 1. The van der Waals surface area contributed by atoms with E-state index in [1.54, 1.807) is 19.2 Å². The lowest BCUT2D eigenvalue weighted by molar-refractivity contribution is -0.118. The molecule has 0 heterocycles. The lowest BCUT2D eigenvalue weighted by Crippen LogP contribution is -2.26. The number of likely N-dealkylation sites (N-methyl/N-ethyl adjacent to an activating group) is 1. The highest BCUT2D eigenvalue weighted by atomic mass is 16.1. The molecule has 1 aromatic carbocycles. The van der Waals surface area contributed by atoms with Crippen LogP contribution in [0, 0.1) is 0 Å². The molecule has 0 atom stereocenters. The predicted octanol–water partition coefficient (Wildman–Crippen LogP) is 0.427. The van der Waals surface area contributed by atoms with Crippen molar-refractivity contribution >= 4 is 17.3 Å². The van der Waals surface area contributed by atoms with Gasteiger partial charge < -0.3 is 16.4 Å². The molecule has 1 amide bonds. The minimum Gasteiger partial charge on any atom is -0.399 e. The van der Waals surface area contributed by atoms with Gasteiger partial charge in [-0.15, -0.1) is 0 Å². The second-order valence-electron chi connectivity index (χ2n) is 2.65. The van der Waals surface area contributed by atoms with Gasteiger partial charge in [0.15, 0.2) is 0 Å².